The zero-order valence-corrected chi connectivity index (χ0v) is 13.4. The van der Waals surface area contributed by atoms with Crippen molar-refractivity contribution in [2.24, 2.45) is 11.1 Å². The molecule has 0 atom stereocenters. The van der Waals surface area contributed by atoms with Gasteiger partial charge < -0.3 is 5.73 Å². The van der Waals surface area contributed by atoms with Gasteiger partial charge in [0, 0.05) is 14.8 Å². The Hall–Kier alpha value is -0.480. The summed E-state index contributed by atoms with van der Waals surface area (Å²) in [6, 6.07) is 8.38. The maximum Gasteiger partial charge on any atom is 0.0963 e. The maximum atomic E-state index is 7.50. The molecule has 0 spiro atoms. The molecule has 4 heteroatoms. The first-order valence-corrected chi connectivity index (χ1v) is 7.92. The second kappa shape index (κ2) is 7.19. The molecule has 0 unspecified atom stereocenters. The number of benzene rings is 1. The van der Waals surface area contributed by atoms with Crippen LogP contribution in [0.5, 0.6) is 0 Å². The summed E-state index contributed by atoms with van der Waals surface area (Å²) >= 11 is 5.35. The van der Waals surface area contributed by atoms with Gasteiger partial charge in [-0.05, 0) is 36.8 Å². The van der Waals surface area contributed by atoms with Crippen molar-refractivity contribution in [3.8, 4) is 0 Å². The number of halogens is 1. The van der Waals surface area contributed by atoms with Gasteiger partial charge in [-0.25, -0.2) is 0 Å². The molecule has 1 aromatic carbocycles. The van der Waals surface area contributed by atoms with Crippen molar-refractivity contribution < 1.29 is 0 Å². The van der Waals surface area contributed by atoms with E-state index in [0.717, 1.165) is 29.5 Å². The van der Waals surface area contributed by atoms with Crippen LogP contribution in [0.2, 0.25) is 0 Å². The summed E-state index contributed by atoms with van der Waals surface area (Å²) in [5, 5.41) is 7.50. The van der Waals surface area contributed by atoms with Crippen LogP contribution in [0.4, 0.5) is 0 Å². The van der Waals surface area contributed by atoms with Crippen LogP contribution in [0.3, 0.4) is 0 Å². The second-order valence-corrected chi connectivity index (χ2v) is 7.14. The smallest absolute Gasteiger partial charge is 0.0963 e. The predicted molar refractivity (Wildman–Crippen MR) is 84.4 cm³/mol. The molecule has 0 heterocycles. The first-order chi connectivity index (χ1) is 8.42. The average molecular weight is 329 g/mol. The number of unbranched alkanes of at least 4 members (excludes halogenated alkanes) is 1. The molecule has 0 saturated carbocycles. The molecule has 0 bridgehead atoms. The lowest BCUT2D eigenvalue weighted by molar-refractivity contribution is 0.448. The predicted octanol–water partition coefficient (Wildman–Crippen LogP) is 4.67. The van der Waals surface area contributed by atoms with Crippen molar-refractivity contribution in [2.45, 2.75) is 38.0 Å². The van der Waals surface area contributed by atoms with Crippen LogP contribution >= 0.6 is 27.7 Å². The van der Waals surface area contributed by atoms with Crippen molar-refractivity contribution in [1.29, 1.82) is 5.41 Å². The summed E-state index contributed by atoms with van der Waals surface area (Å²) in [7, 11) is 0. The van der Waals surface area contributed by atoms with Crippen molar-refractivity contribution in [2.75, 3.05) is 5.75 Å². The summed E-state index contributed by atoms with van der Waals surface area (Å²) < 4.78 is 1.13. The van der Waals surface area contributed by atoms with E-state index in [1.54, 1.807) is 0 Å². The van der Waals surface area contributed by atoms with Crippen LogP contribution in [0.1, 0.15) is 33.1 Å². The van der Waals surface area contributed by atoms with E-state index in [2.05, 4.69) is 34.1 Å². The minimum Gasteiger partial charge on any atom is -0.387 e. The summed E-state index contributed by atoms with van der Waals surface area (Å²) in [6.07, 6.45) is 3.27. The van der Waals surface area contributed by atoms with E-state index in [1.165, 1.54) is 4.90 Å². The lowest BCUT2D eigenvalue weighted by atomic mass is 9.86. The molecule has 0 radical (unpaired) electrons. The molecule has 0 aliphatic heterocycles. The highest BCUT2D eigenvalue weighted by molar-refractivity contribution is 9.10. The van der Waals surface area contributed by atoms with Crippen LogP contribution in [-0.2, 0) is 0 Å². The molecule has 1 rings (SSSR count). The highest BCUT2D eigenvalue weighted by atomic mass is 79.9. The molecule has 18 heavy (non-hydrogen) atoms. The quantitative estimate of drug-likeness (QED) is 0.330. The number of nitrogens with one attached hydrogen (secondary N) is 1. The summed E-state index contributed by atoms with van der Waals surface area (Å²) in [5.74, 6) is 1.41. The molecular formula is C14H21BrN2S. The van der Waals surface area contributed by atoms with Crippen molar-refractivity contribution >= 4 is 33.5 Å². The molecule has 0 amide bonds. The molecule has 0 aliphatic rings. The van der Waals surface area contributed by atoms with Crippen LogP contribution in [0.25, 0.3) is 0 Å². The number of amidine groups is 1. The minimum absolute atomic E-state index is 0.152. The van der Waals surface area contributed by atoms with Gasteiger partial charge in [-0.2, -0.15) is 0 Å². The Labute approximate surface area is 122 Å². The summed E-state index contributed by atoms with van der Waals surface area (Å²) in [5.41, 5.74) is 5.41. The van der Waals surface area contributed by atoms with Gasteiger partial charge >= 0.3 is 0 Å². The number of thioether (sulfide) groups is 1. The fraction of sp³-hybridized carbons (Fsp3) is 0.500. The van der Waals surface area contributed by atoms with Crippen LogP contribution in [-0.4, -0.2) is 11.6 Å². The molecule has 0 fully saturated rings. The molecule has 100 valence electrons. The van der Waals surface area contributed by atoms with Gasteiger partial charge in [0.25, 0.3) is 0 Å². The van der Waals surface area contributed by atoms with E-state index in [9.17, 15) is 0 Å². The normalized spacial score (nSPS) is 11.5. The Kier molecular flexibility index (Phi) is 6.22. The van der Waals surface area contributed by atoms with Gasteiger partial charge in [0.15, 0.2) is 0 Å². The van der Waals surface area contributed by atoms with Crippen molar-refractivity contribution in [3.05, 3.63) is 28.7 Å². The zero-order chi connectivity index (χ0) is 13.6. The highest BCUT2D eigenvalue weighted by Gasteiger charge is 2.20. The van der Waals surface area contributed by atoms with Crippen molar-refractivity contribution in [1.82, 2.24) is 0 Å². The number of hydrogen-bond donors (Lipinski definition) is 2. The van der Waals surface area contributed by atoms with Crippen molar-refractivity contribution in [3.63, 3.8) is 0 Å². The first kappa shape index (κ1) is 15.6. The maximum absolute atomic E-state index is 7.50. The minimum atomic E-state index is -0.152. The summed E-state index contributed by atoms with van der Waals surface area (Å²) in [4.78, 5) is 1.30. The van der Waals surface area contributed by atoms with E-state index < -0.39 is 0 Å². The van der Waals surface area contributed by atoms with E-state index in [4.69, 9.17) is 11.1 Å². The number of nitrogens with two attached hydrogens (primary N) is 1. The third-order valence-electron chi connectivity index (χ3n) is 2.99. The molecule has 0 aromatic heterocycles. The molecule has 1 aromatic rings. The molecule has 0 saturated heterocycles. The fourth-order valence-electron chi connectivity index (χ4n) is 1.55. The SMILES string of the molecule is CC(C)(CCCCSc1cccc(Br)c1)C(=N)N. The molecular weight excluding hydrogens is 308 g/mol. The van der Waals surface area contributed by atoms with Gasteiger partial charge in [-0.1, -0.05) is 42.3 Å². The lowest BCUT2D eigenvalue weighted by Gasteiger charge is -2.22. The van der Waals surface area contributed by atoms with Gasteiger partial charge in [0.2, 0.25) is 0 Å². The fourth-order valence-corrected chi connectivity index (χ4v) is 3.07. The average Bonchev–Trinajstić information content (AvgIpc) is 2.28. The monoisotopic (exact) mass is 328 g/mol. The third-order valence-corrected chi connectivity index (χ3v) is 4.56. The molecule has 0 aliphatic carbocycles. The van der Waals surface area contributed by atoms with Crippen LogP contribution in [0, 0.1) is 10.8 Å². The van der Waals surface area contributed by atoms with E-state index in [-0.39, 0.29) is 5.41 Å². The number of rotatable bonds is 7. The van der Waals surface area contributed by atoms with Gasteiger partial charge in [-0.15, -0.1) is 11.8 Å². The molecule has 3 N–H and O–H groups in total. The molecule has 2 nitrogen and oxygen atoms in total. The highest BCUT2D eigenvalue weighted by Crippen LogP contribution is 2.26. The largest absolute Gasteiger partial charge is 0.387 e. The standard InChI is InChI=1S/C14H21BrN2S/c1-14(2,13(16)17)8-3-4-9-18-12-7-5-6-11(15)10-12/h5-7,10H,3-4,8-9H2,1-2H3,(H3,16,17). The lowest BCUT2D eigenvalue weighted by Crippen LogP contribution is -2.30. The Morgan fingerprint density at radius 3 is 2.72 bits per heavy atom. The second-order valence-electron chi connectivity index (χ2n) is 5.06. The third kappa shape index (κ3) is 5.44. The summed E-state index contributed by atoms with van der Waals surface area (Å²) in [6.45, 7) is 4.08. The van der Waals surface area contributed by atoms with E-state index in [1.807, 2.05) is 31.7 Å². The van der Waals surface area contributed by atoms with Gasteiger partial charge in [-0.3, -0.25) is 5.41 Å². The topological polar surface area (TPSA) is 49.9 Å². The number of hydrogen-bond acceptors (Lipinski definition) is 2. The van der Waals surface area contributed by atoms with Crippen LogP contribution < -0.4 is 5.73 Å². The van der Waals surface area contributed by atoms with Gasteiger partial charge in [0.1, 0.15) is 0 Å². The zero-order valence-electron chi connectivity index (χ0n) is 11.0. The van der Waals surface area contributed by atoms with E-state index in [0.29, 0.717) is 5.84 Å². The Morgan fingerprint density at radius 1 is 1.39 bits per heavy atom. The van der Waals surface area contributed by atoms with Crippen LogP contribution in [0.15, 0.2) is 33.6 Å². The first-order valence-electron chi connectivity index (χ1n) is 6.15. The van der Waals surface area contributed by atoms with Gasteiger partial charge in [0.05, 0.1) is 5.84 Å². The Balaban J connectivity index is 2.22. The van der Waals surface area contributed by atoms with E-state index >= 15 is 0 Å². The Morgan fingerprint density at radius 2 is 2.11 bits per heavy atom. The Bertz CT molecular complexity index is 405.